The van der Waals surface area contributed by atoms with Crippen LogP contribution in [-0.4, -0.2) is 30.9 Å². The average Bonchev–Trinajstić information content (AvgIpc) is 2.63. The minimum atomic E-state index is -1.51. The van der Waals surface area contributed by atoms with Gasteiger partial charge in [0.15, 0.2) is 0 Å². The zero-order valence-electron chi connectivity index (χ0n) is 11.5. The van der Waals surface area contributed by atoms with E-state index in [2.05, 4.69) is 30.0 Å². The second-order valence-corrected chi connectivity index (χ2v) is 10.6. The monoisotopic (exact) mass is 261 g/mol. The molecule has 0 bridgehead atoms. The molecule has 6 heteroatoms. The Balaban J connectivity index is 2.59. The summed E-state index contributed by atoms with van der Waals surface area (Å²) in [6.07, 6.45) is 0. The standard InChI is InChI=1S/C12H17BFN3Si/c1-8-12(18(2,3)4)15-16-17(8)11-7-9(14)5-6-10(11)13/h5-7H,13H2,1-4H3. The van der Waals surface area contributed by atoms with E-state index in [-0.39, 0.29) is 5.82 Å². The van der Waals surface area contributed by atoms with Gasteiger partial charge in [-0.3, -0.25) is 0 Å². The summed E-state index contributed by atoms with van der Waals surface area (Å²) in [5.74, 6) is -0.250. The van der Waals surface area contributed by atoms with Gasteiger partial charge < -0.3 is 0 Å². The van der Waals surface area contributed by atoms with E-state index in [4.69, 9.17) is 0 Å². The van der Waals surface area contributed by atoms with Crippen molar-refractivity contribution in [1.82, 2.24) is 15.0 Å². The van der Waals surface area contributed by atoms with Crippen LogP contribution < -0.4 is 10.8 Å². The Morgan fingerprint density at radius 3 is 2.50 bits per heavy atom. The lowest BCUT2D eigenvalue weighted by molar-refractivity contribution is 0.625. The highest BCUT2D eigenvalue weighted by Gasteiger charge is 2.25. The highest BCUT2D eigenvalue weighted by atomic mass is 28.3. The van der Waals surface area contributed by atoms with E-state index in [1.807, 2.05) is 14.8 Å². The first-order valence-corrected chi connectivity index (χ1v) is 9.50. The second-order valence-electron chi connectivity index (χ2n) is 5.62. The predicted molar refractivity (Wildman–Crippen MR) is 77.2 cm³/mol. The molecule has 0 aliphatic carbocycles. The van der Waals surface area contributed by atoms with Crippen molar-refractivity contribution in [3.8, 4) is 5.69 Å². The summed E-state index contributed by atoms with van der Waals surface area (Å²) in [5, 5.41) is 9.55. The molecule has 0 N–H and O–H groups in total. The van der Waals surface area contributed by atoms with Crippen molar-refractivity contribution in [3.05, 3.63) is 29.7 Å². The fourth-order valence-corrected chi connectivity index (χ4v) is 3.60. The molecule has 0 spiro atoms. The fraction of sp³-hybridized carbons (Fsp3) is 0.333. The lowest BCUT2D eigenvalue weighted by Gasteiger charge is -2.14. The van der Waals surface area contributed by atoms with Crippen molar-refractivity contribution in [2.24, 2.45) is 0 Å². The van der Waals surface area contributed by atoms with Gasteiger partial charge in [0.25, 0.3) is 0 Å². The minimum absolute atomic E-state index is 0.250. The molecule has 2 rings (SSSR count). The van der Waals surface area contributed by atoms with Gasteiger partial charge in [-0.25, -0.2) is 9.07 Å². The summed E-state index contributed by atoms with van der Waals surface area (Å²) in [6.45, 7) is 8.68. The first-order valence-electron chi connectivity index (χ1n) is 6.00. The van der Waals surface area contributed by atoms with Gasteiger partial charge in [0.2, 0.25) is 0 Å². The quantitative estimate of drug-likeness (QED) is 0.738. The first kappa shape index (κ1) is 13.0. The number of nitrogens with zero attached hydrogens (tertiary/aromatic N) is 3. The molecule has 3 nitrogen and oxygen atoms in total. The van der Waals surface area contributed by atoms with Gasteiger partial charge in [0.1, 0.15) is 21.7 Å². The Kier molecular flexibility index (Phi) is 3.14. The van der Waals surface area contributed by atoms with E-state index in [0.717, 1.165) is 22.2 Å². The summed E-state index contributed by atoms with van der Waals surface area (Å²) in [6, 6.07) is 4.73. The van der Waals surface area contributed by atoms with Crippen LogP contribution in [0.2, 0.25) is 19.6 Å². The molecular formula is C12H17BFN3Si. The Morgan fingerprint density at radius 2 is 1.94 bits per heavy atom. The fourth-order valence-electron chi connectivity index (χ4n) is 2.06. The largest absolute Gasteiger partial charge is 0.219 e. The van der Waals surface area contributed by atoms with Crippen LogP contribution in [0.5, 0.6) is 0 Å². The van der Waals surface area contributed by atoms with Crippen LogP contribution >= 0.6 is 0 Å². The molecule has 1 heterocycles. The Bertz CT molecular complexity index is 589. The average molecular weight is 261 g/mol. The third-order valence-corrected chi connectivity index (χ3v) is 4.89. The van der Waals surface area contributed by atoms with Crippen molar-refractivity contribution >= 4 is 26.7 Å². The maximum atomic E-state index is 13.4. The molecule has 1 aromatic carbocycles. The van der Waals surface area contributed by atoms with E-state index < -0.39 is 8.07 Å². The van der Waals surface area contributed by atoms with Crippen LogP contribution in [0.1, 0.15) is 5.69 Å². The molecule has 0 radical (unpaired) electrons. The van der Waals surface area contributed by atoms with Gasteiger partial charge in [-0.2, -0.15) is 0 Å². The molecule has 18 heavy (non-hydrogen) atoms. The van der Waals surface area contributed by atoms with E-state index in [9.17, 15) is 4.39 Å². The maximum absolute atomic E-state index is 13.4. The van der Waals surface area contributed by atoms with Gasteiger partial charge >= 0.3 is 0 Å². The summed E-state index contributed by atoms with van der Waals surface area (Å²) in [4.78, 5) is 0. The van der Waals surface area contributed by atoms with Crippen LogP contribution in [0.3, 0.4) is 0 Å². The van der Waals surface area contributed by atoms with Gasteiger partial charge in [0.05, 0.1) is 16.7 Å². The van der Waals surface area contributed by atoms with Gasteiger partial charge in [0, 0.05) is 0 Å². The van der Waals surface area contributed by atoms with Crippen LogP contribution in [0, 0.1) is 12.7 Å². The lowest BCUT2D eigenvalue weighted by atomic mass is 9.94. The molecule has 94 valence electrons. The summed E-state index contributed by atoms with van der Waals surface area (Å²) in [5.41, 5.74) is 2.78. The van der Waals surface area contributed by atoms with E-state index in [1.54, 1.807) is 10.7 Å². The minimum Gasteiger partial charge on any atom is -0.219 e. The normalized spacial score (nSPS) is 11.8. The smallest absolute Gasteiger partial charge is 0.142 e. The van der Waals surface area contributed by atoms with Gasteiger partial charge in [-0.05, 0) is 19.1 Å². The van der Waals surface area contributed by atoms with Crippen LogP contribution in [-0.2, 0) is 0 Å². The Morgan fingerprint density at radius 1 is 1.28 bits per heavy atom. The number of halogens is 1. The van der Waals surface area contributed by atoms with Crippen molar-refractivity contribution in [1.29, 1.82) is 0 Å². The molecule has 0 saturated carbocycles. The molecule has 0 amide bonds. The molecular weight excluding hydrogens is 244 g/mol. The molecule has 0 aliphatic heterocycles. The number of benzene rings is 1. The van der Waals surface area contributed by atoms with Crippen LogP contribution in [0.25, 0.3) is 5.69 Å². The highest BCUT2D eigenvalue weighted by molar-refractivity contribution is 6.88. The summed E-state index contributed by atoms with van der Waals surface area (Å²) in [7, 11) is 0.439. The number of hydrogen-bond donors (Lipinski definition) is 0. The summed E-state index contributed by atoms with van der Waals surface area (Å²) >= 11 is 0. The van der Waals surface area contributed by atoms with Gasteiger partial charge in [-0.15, -0.1) is 5.10 Å². The van der Waals surface area contributed by atoms with E-state index in [1.165, 1.54) is 12.1 Å². The SMILES string of the molecule is Bc1ccc(F)cc1-n1nnc([Si](C)(C)C)c1C. The van der Waals surface area contributed by atoms with Crippen molar-refractivity contribution in [3.63, 3.8) is 0 Å². The van der Waals surface area contributed by atoms with Crippen molar-refractivity contribution in [2.75, 3.05) is 0 Å². The number of aromatic nitrogens is 3. The zero-order valence-corrected chi connectivity index (χ0v) is 12.5. The molecule has 0 aliphatic rings. The van der Waals surface area contributed by atoms with E-state index in [0.29, 0.717) is 0 Å². The molecule has 1 aromatic heterocycles. The number of hydrogen-bond acceptors (Lipinski definition) is 2. The lowest BCUT2D eigenvalue weighted by Crippen LogP contribution is -2.40. The molecule has 0 unspecified atom stereocenters. The first-order chi connectivity index (χ1) is 8.30. The maximum Gasteiger partial charge on any atom is 0.142 e. The van der Waals surface area contributed by atoms with Crippen molar-refractivity contribution in [2.45, 2.75) is 26.6 Å². The summed E-state index contributed by atoms with van der Waals surface area (Å²) < 4.78 is 15.1. The third-order valence-electron chi connectivity index (χ3n) is 3.00. The molecule has 0 saturated heterocycles. The Hall–Kier alpha value is -1.43. The van der Waals surface area contributed by atoms with Gasteiger partial charge in [-0.1, -0.05) is 36.4 Å². The number of rotatable bonds is 2. The zero-order chi connectivity index (χ0) is 13.5. The highest BCUT2D eigenvalue weighted by Crippen LogP contribution is 2.10. The van der Waals surface area contributed by atoms with E-state index >= 15 is 0 Å². The van der Waals surface area contributed by atoms with Crippen LogP contribution in [0.15, 0.2) is 18.2 Å². The topological polar surface area (TPSA) is 30.7 Å². The van der Waals surface area contributed by atoms with Crippen molar-refractivity contribution < 1.29 is 4.39 Å². The second kappa shape index (κ2) is 4.35. The molecule has 2 aromatic rings. The molecule has 0 fully saturated rings. The van der Waals surface area contributed by atoms with Crippen LogP contribution in [0.4, 0.5) is 4.39 Å². The predicted octanol–water partition coefficient (Wildman–Crippen LogP) is 0.518. The third kappa shape index (κ3) is 2.25. The molecule has 0 atom stereocenters. The Labute approximate surface area is 108 Å².